The van der Waals surface area contributed by atoms with Crippen LogP contribution < -0.4 is 10.6 Å². The van der Waals surface area contributed by atoms with Crippen LogP contribution in [0.15, 0.2) is 0 Å². The zero-order chi connectivity index (χ0) is 7.82. The van der Waals surface area contributed by atoms with Crippen molar-refractivity contribution in [2.75, 3.05) is 33.9 Å². The maximum Gasteiger partial charge on any atom is 0.128 e. The molecule has 1 atom stereocenters. The Hall–Kier alpha value is -0.160. The summed E-state index contributed by atoms with van der Waals surface area (Å²) in [5, 5.41) is 14.5. The molecule has 0 spiro atoms. The number of hydrogen-bond acceptors (Lipinski definition) is 4. The van der Waals surface area contributed by atoms with Crippen molar-refractivity contribution in [1.82, 2.24) is 10.6 Å². The van der Waals surface area contributed by atoms with E-state index in [4.69, 9.17) is 9.84 Å². The average Bonchev–Trinajstić information content (AvgIpc) is 1.98. The Morgan fingerprint density at radius 2 is 2.20 bits per heavy atom. The van der Waals surface area contributed by atoms with E-state index in [9.17, 15) is 0 Å². The Morgan fingerprint density at radius 1 is 1.50 bits per heavy atom. The van der Waals surface area contributed by atoms with E-state index < -0.39 is 6.23 Å². The van der Waals surface area contributed by atoms with Gasteiger partial charge >= 0.3 is 0 Å². The maximum absolute atomic E-state index is 8.90. The molecule has 0 aliphatic heterocycles. The molecule has 3 N–H and O–H groups in total. The molecule has 0 bridgehead atoms. The highest BCUT2D eigenvalue weighted by molar-refractivity contribution is 4.44. The van der Waals surface area contributed by atoms with Gasteiger partial charge in [-0.2, -0.15) is 0 Å². The van der Waals surface area contributed by atoms with Crippen molar-refractivity contribution < 1.29 is 9.84 Å². The number of aliphatic hydroxyl groups is 1. The van der Waals surface area contributed by atoms with Crippen molar-refractivity contribution in [2.24, 2.45) is 0 Å². The summed E-state index contributed by atoms with van der Waals surface area (Å²) in [6, 6.07) is 0. The Morgan fingerprint density at radius 3 is 2.70 bits per heavy atom. The largest absolute Gasteiger partial charge is 0.376 e. The third-order valence-electron chi connectivity index (χ3n) is 1.11. The first-order valence-corrected chi connectivity index (χ1v) is 3.39. The molecule has 0 aliphatic carbocycles. The smallest absolute Gasteiger partial charge is 0.128 e. The third-order valence-corrected chi connectivity index (χ3v) is 1.11. The first kappa shape index (κ1) is 9.84. The van der Waals surface area contributed by atoms with Crippen LogP contribution >= 0.6 is 0 Å². The van der Waals surface area contributed by atoms with E-state index in [2.05, 4.69) is 10.6 Å². The summed E-state index contributed by atoms with van der Waals surface area (Å²) in [6.45, 7) is 1.80. The predicted octanol–water partition coefficient (Wildman–Crippen LogP) is -1.24. The molecule has 0 rings (SSSR count). The average molecular weight is 148 g/mol. The fraction of sp³-hybridized carbons (Fsp3) is 1.00. The third kappa shape index (κ3) is 5.97. The molecule has 1 unspecified atom stereocenters. The quantitative estimate of drug-likeness (QED) is 0.326. The molecule has 0 heterocycles. The topological polar surface area (TPSA) is 53.5 Å². The van der Waals surface area contributed by atoms with Crippen molar-refractivity contribution in [3.8, 4) is 0 Å². The molecule has 0 saturated heterocycles. The number of likely N-dealkylation sites (N-methyl/N-ethyl adjacent to an activating group) is 2. The molecule has 0 aromatic heterocycles. The van der Waals surface area contributed by atoms with Gasteiger partial charge in [0.05, 0.1) is 13.2 Å². The van der Waals surface area contributed by atoms with Crippen LogP contribution in [-0.4, -0.2) is 45.2 Å². The van der Waals surface area contributed by atoms with E-state index in [-0.39, 0.29) is 0 Å². The van der Waals surface area contributed by atoms with Gasteiger partial charge in [0.2, 0.25) is 0 Å². The van der Waals surface area contributed by atoms with Crippen LogP contribution in [0.25, 0.3) is 0 Å². The Balaban J connectivity index is 2.89. The molecule has 0 amide bonds. The molecule has 0 saturated carbocycles. The standard InChI is InChI=1S/C6H16N2O2/c1-7-3-4-10-5-6(9)8-2/h6-9H,3-5H2,1-2H3. The van der Waals surface area contributed by atoms with Crippen LogP contribution in [0, 0.1) is 0 Å². The van der Waals surface area contributed by atoms with Crippen LogP contribution in [-0.2, 0) is 4.74 Å². The minimum absolute atomic E-state index is 0.345. The van der Waals surface area contributed by atoms with Gasteiger partial charge in [-0.3, -0.25) is 5.32 Å². The van der Waals surface area contributed by atoms with Crippen LogP contribution in [0.2, 0.25) is 0 Å². The molecule has 0 radical (unpaired) electrons. The SMILES string of the molecule is CNCCOCC(O)NC. The lowest BCUT2D eigenvalue weighted by Gasteiger charge is -2.08. The highest BCUT2D eigenvalue weighted by Gasteiger charge is 1.97. The highest BCUT2D eigenvalue weighted by atomic mass is 16.5. The van der Waals surface area contributed by atoms with Crippen LogP contribution in [0.5, 0.6) is 0 Å². The normalized spacial score (nSPS) is 13.5. The summed E-state index contributed by atoms with van der Waals surface area (Å²) in [6.07, 6.45) is -0.545. The van der Waals surface area contributed by atoms with E-state index in [0.29, 0.717) is 13.2 Å². The summed E-state index contributed by atoms with van der Waals surface area (Å²) in [4.78, 5) is 0. The van der Waals surface area contributed by atoms with Gasteiger partial charge in [-0.25, -0.2) is 0 Å². The lowest BCUT2D eigenvalue weighted by Crippen LogP contribution is -2.30. The Bertz CT molecular complexity index is 70.8. The van der Waals surface area contributed by atoms with Gasteiger partial charge in [-0.15, -0.1) is 0 Å². The monoisotopic (exact) mass is 148 g/mol. The number of aliphatic hydroxyl groups excluding tert-OH is 1. The summed E-state index contributed by atoms with van der Waals surface area (Å²) < 4.78 is 5.05. The molecule has 0 aromatic rings. The zero-order valence-electron chi connectivity index (χ0n) is 6.55. The molecule has 62 valence electrons. The minimum atomic E-state index is -0.545. The van der Waals surface area contributed by atoms with Crippen LogP contribution in [0.4, 0.5) is 0 Å². The van der Waals surface area contributed by atoms with Crippen molar-refractivity contribution in [3.63, 3.8) is 0 Å². The summed E-state index contributed by atoms with van der Waals surface area (Å²) in [7, 11) is 3.55. The molecule has 4 heteroatoms. The van der Waals surface area contributed by atoms with Gasteiger partial charge in [0.15, 0.2) is 0 Å². The van der Waals surface area contributed by atoms with Crippen molar-refractivity contribution in [1.29, 1.82) is 0 Å². The Labute approximate surface area is 61.6 Å². The van der Waals surface area contributed by atoms with Crippen molar-refractivity contribution in [3.05, 3.63) is 0 Å². The van der Waals surface area contributed by atoms with Crippen LogP contribution in [0.3, 0.4) is 0 Å². The second-order valence-electron chi connectivity index (χ2n) is 1.98. The minimum Gasteiger partial charge on any atom is -0.376 e. The zero-order valence-corrected chi connectivity index (χ0v) is 6.55. The maximum atomic E-state index is 8.90. The highest BCUT2D eigenvalue weighted by Crippen LogP contribution is 1.77. The molecule has 0 aliphatic rings. The number of ether oxygens (including phenoxy) is 1. The second-order valence-corrected chi connectivity index (χ2v) is 1.98. The molecular formula is C6H16N2O2. The summed E-state index contributed by atoms with van der Waals surface area (Å²) >= 11 is 0. The van der Waals surface area contributed by atoms with Crippen LogP contribution in [0.1, 0.15) is 0 Å². The van der Waals surface area contributed by atoms with Gasteiger partial charge in [0, 0.05) is 6.54 Å². The first-order chi connectivity index (χ1) is 4.81. The van der Waals surface area contributed by atoms with Crippen molar-refractivity contribution >= 4 is 0 Å². The lowest BCUT2D eigenvalue weighted by atomic mass is 10.6. The van der Waals surface area contributed by atoms with E-state index >= 15 is 0 Å². The number of rotatable bonds is 6. The lowest BCUT2D eigenvalue weighted by molar-refractivity contribution is 0.0247. The molecule has 10 heavy (non-hydrogen) atoms. The molecular weight excluding hydrogens is 132 g/mol. The first-order valence-electron chi connectivity index (χ1n) is 3.39. The number of nitrogens with one attached hydrogen (secondary N) is 2. The fourth-order valence-electron chi connectivity index (χ4n) is 0.453. The van der Waals surface area contributed by atoms with E-state index in [1.165, 1.54) is 0 Å². The Kier molecular flexibility index (Phi) is 6.84. The van der Waals surface area contributed by atoms with E-state index in [1.54, 1.807) is 7.05 Å². The fourth-order valence-corrected chi connectivity index (χ4v) is 0.453. The van der Waals surface area contributed by atoms with E-state index in [1.807, 2.05) is 7.05 Å². The summed E-state index contributed by atoms with van der Waals surface area (Å²) in [5.74, 6) is 0. The van der Waals surface area contributed by atoms with E-state index in [0.717, 1.165) is 6.54 Å². The molecule has 0 aromatic carbocycles. The number of hydrogen-bond donors (Lipinski definition) is 3. The van der Waals surface area contributed by atoms with Gasteiger partial charge in [0.1, 0.15) is 6.23 Å². The van der Waals surface area contributed by atoms with Crippen molar-refractivity contribution in [2.45, 2.75) is 6.23 Å². The van der Waals surface area contributed by atoms with Gasteiger partial charge in [0.25, 0.3) is 0 Å². The van der Waals surface area contributed by atoms with Gasteiger partial charge in [-0.05, 0) is 14.1 Å². The van der Waals surface area contributed by atoms with Gasteiger partial charge in [-0.1, -0.05) is 0 Å². The molecule has 4 nitrogen and oxygen atoms in total. The predicted molar refractivity (Wildman–Crippen MR) is 39.8 cm³/mol. The molecule has 0 fully saturated rings. The summed E-state index contributed by atoms with van der Waals surface area (Å²) in [5.41, 5.74) is 0. The van der Waals surface area contributed by atoms with Gasteiger partial charge < -0.3 is 15.2 Å². The second kappa shape index (κ2) is 6.95.